The molecule has 0 unspecified atom stereocenters. The number of nitrogens with zero attached hydrogens (tertiary/aromatic N) is 4. The highest BCUT2D eigenvalue weighted by Crippen LogP contribution is 2.31. The summed E-state index contributed by atoms with van der Waals surface area (Å²) in [7, 11) is 0. The number of rotatable bonds is 5. The topological polar surface area (TPSA) is 24.3 Å². The van der Waals surface area contributed by atoms with Crippen molar-refractivity contribution in [3.63, 3.8) is 0 Å². The molecule has 1 saturated heterocycles. The van der Waals surface area contributed by atoms with Crippen LogP contribution in [0.1, 0.15) is 5.69 Å². The third-order valence-corrected chi connectivity index (χ3v) is 5.17. The Morgan fingerprint density at radius 3 is 2.33 bits per heavy atom. The first kappa shape index (κ1) is 17.4. The van der Waals surface area contributed by atoms with Gasteiger partial charge in [0.2, 0.25) is 0 Å². The molecule has 4 nitrogen and oxygen atoms in total. The summed E-state index contributed by atoms with van der Waals surface area (Å²) in [6.45, 7) is 11.0. The minimum Gasteiger partial charge on any atom is -0.370 e. The van der Waals surface area contributed by atoms with Crippen molar-refractivity contribution in [2.75, 3.05) is 31.1 Å². The lowest BCUT2D eigenvalue weighted by Crippen LogP contribution is -2.46. The highest BCUT2D eigenvalue weighted by atomic mass is 15.3. The molecule has 4 rings (SSSR count). The van der Waals surface area contributed by atoms with Crippen LogP contribution in [0.15, 0.2) is 79.1 Å². The quantitative estimate of drug-likeness (QED) is 0.683. The van der Waals surface area contributed by atoms with E-state index in [4.69, 9.17) is 0 Å². The molecule has 2 heterocycles. The second-order valence-corrected chi connectivity index (χ2v) is 7.08. The van der Waals surface area contributed by atoms with E-state index in [1.54, 1.807) is 0 Å². The lowest BCUT2D eigenvalue weighted by Gasteiger charge is -2.39. The van der Waals surface area contributed by atoms with Crippen LogP contribution < -0.4 is 4.90 Å². The Hall–Kier alpha value is -3.01. The highest BCUT2D eigenvalue weighted by Gasteiger charge is 2.20. The highest BCUT2D eigenvalue weighted by molar-refractivity contribution is 5.78. The summed E-state index contributed by atoms with van der Waals surface area (Å²) < 4.78 is 1.97. The summed E-state index contributed by atoms with van der Waals surface area (Å²) in [5.41, 5.74) is 6.07. The van der Waals surface area contributed by atoms with E-state index in [-0.39, 0.29) is 0 Å². The van der Waals surface area contributed by atoms with E-state index >= 15 is 0 Å². The second-order valence-electron chi connectivity index (χ2n) is 7.08. The van der Waals surface area contributed by atoms with Gasteiger partial charge in [-0.3, -0.25) is 4.68 Å². The molecule has 0 bridgehead atoms. The Labute approximate surface area is 161 Å². The Morgan fingerprint density at radius 2 is 1.63 bits per heavy atom. The fraction of sp³-hybridized carbons (Fsp3) is 0.261. The van der Waals surface area contributed by atoms with Crippen molar-refractivity contribution in [3.05, 3.63) is 84.8 Å². The van der Waals surface area contributed by atoms with Gasteiger partial charge in [0.1, 0.15) is 0 Å². The first-order valence-electron chi connectivity index (χ1n) is 9.53. The van der Waals surface area contributed by atoms with E-state index < -0.39 is 0 Å². The number of para-hydroxylation sites is 1. The van der Waals surface area contributed by atoms with Crippen LogP contribution in [0.5, 0.6) is 0 Å². The SMILES string of the molecule is C=C(Cn1ccc(C)n1)N1CCN(c2ccccc2-c2ccccc2)CC1. The van der Waals surface area contributed by atoms with E-state index in [0.717, 1.165) is 44.1 Å². The summed E-state index contributed by atoms with van der Waals surface area (Å²) in [6.07, 6.45) is 2.02. The van der Waals surface area contributed by atoms with Crippen LogP contribution in [-0.2, 0) is 6.54 Å². The van der Waals surface area contributed by atoms with Gasteiger partial charge in [0.05, 0.1) is 12.2 Å². The van der Waals surface area contributed by atoms with Gasteiger partial charge in [-0.1, -0.05) is 55.1 Å². The second kappa shape index (κ2) is 7.70. The number of aromatic nitrogens is 2. The monoisotopic (exact) mass is 358 g/mol. The molecular formula is C23H26N4. The van der Waals surface area contributed by atoms with Crippen molar-refractivity contribution in [3.8, 4) is 11.1 Å². The minimum absolute atomic E-state index is 0.758. The van der Waals surface area contributed by atoms with Gasteiger partial charge in [0, 0.05) is 49.3 Å². The Balaban J connectivity index is 1.43. The Kier molecular flexibility index (Phi) is 4.97. The first-order valence-corrected chi connectivity index (χ1v) is 9.53. The number of hydrogen-bond donors (Lipinski definition) is 0. The third-order valence-electron chi connectivity index (χ3n) is 5.17. The maximum absolute atomic E-state index is 4.47. The van der Waals surface area contributed by atoms with Crippen molar-refractivity contribution >= 4 is 5.69 Å². The van der Waals surface area contributed by atoms with Crippen molar-refractivity contribution in [1.82, 2.24) is 14.7 Å². The standard InChI is InChI=1S/C23H26N4/c1-19-12-13-27(24-19)18-20(2)25-14-16-26(17-15-25)23-11-7-6-10-22(23)21-8-4-3-5-9-21/h3-13H,2,14-18H2,1H3. The largest absolute Gasteiger partial charge is 0.370 e. The van der Waals surface area contributed by atoms with Crippen LogP contribution in [0.2, 0.25) is 0 Å². The van der Waals surface area contributed by atoms with Gasteiger partial charge in [-0.15, -0.1) is 0 Å². The molecule has 1 aromatic heterocycles. The maximum Gasteiger partial charge on any atom is 0.0801 e. The molecule has 2 aromatic carbocycles. The van der Waals surface area contributed by atoms with Crippen molar-refractivity contribution in [2.24, 2.45) is 0 Å². The van der Waals surface area contributed by atoms with E-state index in [1.165, 1.54) is 16.8 Å². The molecular weight excluding hydrogens is 332 g/mol. The number of aryl methyl sites for hydroxylation is 1. The van der Waals surface area contributed by atoms with Gasteiger partial charge in [0.15, 0.2) is 0 Å². The maximum atomic E-state index is 4.47. The van der Waals surface area contributed by atoms with E-state index in [0.29, 0.717) is 0 Å². The lowest BCUT2D eigenvalue weighted by atomic mass is 10.0. The van der Waals surface area contributed by atoms with Crippen molar-refractivity contribution in [1.29, 1.82) is 0 Å². The zero-order valence-corrected chi connectivity index (χ0v) is 15.9. The molecule has 0 saturated carbocycles. The molecule has 0 aliphatic carbocycles. The molecule has 1 fully saturated rings. The van der Waals surface area contributed by atoms with Gasteiger partial charge < -0.3 is 9.80 Å². The van der Waals surface area contributed by atoms with E-state index in [2.05, 4.69) is 76.1 Å². The molecule has 0 spiro atoms. The van der Waals surface area contributed by atoms with E-state index in [9.17, 15) is 0 Å². The number of anilines is 1. The molecule has 27 heavy (non-hydrogen) atoms. The average Bonchev–Trinajstić information content (AvgIpc) is 3.13. The summed E-state index contributed by atoms with van der Waals surface area (Å²) in [5, 5.41) is 4.47. The summed E-state index contributed by atoms with van der Waals surface area (Å²) in [4.78, 5) is 4.88. The minimum atomic E-state index is 0.758. The first-order chi connectivity index (χ1) is 13.2. The molecule has 3 aromatic rings. The van der Waals surface area contributed by atoms with Crippen LogP contribution in [0.4, 0.5) is 5.69 Å². The predicted molar refractivity (Wildman–Crippen MR) is 112 cm³/mol. The Bertz CT molecular complexity index is 905. The zero-order chi connectivity index (χ0) is 18.6. The molecule has 0 radical (unpaired) electrons. The van der Waals surface area contributed by atoms with Crippen molar-refractivity contribution < 1.29 is 0 Å². The number of allylic oxidation sites excluding steroid dienone is 1. The molecule has 1 aliphatic heterocycles. The molecule has 138 valence electrons. The van der Waals surface area contributed by atoms with Gasteiger partial charge in [0.25, 0.3) is 0 Å². The zero-order valence-electron chi connectivity index (χ0n) is 15.9. The number of benzene rings is 2. The molecule has 0 atom stereocenters. The van der Waals surface area contributed by atoms with Gasteiger partial charge in [-0.25, -0.2) is 0 Å². The van der Waals surface area contributed by atoms with Crippen molar-refractivity contribution in [2.45, 2.75) is 13.5 Å². The fourth-order valence-corrected chi connectivity index (χ4v) is 3.71. The number of hydrogen-bond acceptors (Lipinski definition) is 3. The van der Waals surface area contributed by atoms with Crippen LogP contribution in [0, 0.1) is 6.92 Å². The average molecular weight is 358 g/mol. The smallest absolute Gasteiger partial charge is 0.0801 e. The molecule has 0 amide bonds. The summed E-state index contributed by atoms with van der Waals surface area (Å²) in [6, 6.07) is 21.4. The molecule has 4 heteroatoms. The third kappa shape index (κ3) is 3.90. The Morgan fingerprint density at radius 1 is 0.926 bits per heavy atom. The molecule has 0 N–H and O–H groups in total. The van der Waals surface area contributed by atoms with Gasteiger partial charge in [-0.2, -0.15) is 5.10 Å². The van der Waals surface area contributed by atoms with Crippen LogP contribution in [0.3, 0.4) is 0 Å². The van der Waals surface area contributed by atoms with Crippen LogP contribution in [0.25, 0.3) is 11.1 Å². The fourth-order valence-electron chi connectivity index (χ4n) is 3.71. The molecule has 1 aliphatic rings. The van der Waals surface area contributed by atoms with Crippen LogP contribution >= 0.6 is 0 Å². The normalized spacial score (nSPS) is 14.4. The lowest BCUT2D eigenvalue weighted by molar-refractivity contribution is 0.304. The number of piperazine rings is 1. The summed E-state index contributed by atoms with van der Waals surface area (Å²) >= 11 is 0. The van der Waals surface area contributed by atoms with Crippen LogP contribution in [-0.4, -0.2) is 40.9 Å². The summed E-state index contributed by atoms with van der Waals surface area (Å²) in [5.74, 6) is 0. The van der Waals surface area contributed by atoms with E-state index in [1.807, 2.05) is 23.9 Å². The van der Waals surface area contributed by atoms with Gasteiger partial charge in [-0.05, 0) is 24.6 Å². The predicted octanol–water partition coefficient (Wildman–Crippen LogP) is 4.19. The van der Waals surface area contributed by atoms with Gasteiger partial charge >= 0.3 is 0 Å².